The largest absolute Gasteiger partial charge is 0.358 e. The first-order chi connectivity index (χ1) is 8.65. The van der Waals surface area contributed by atoms with E-state index in [-0.39, 0.29) is 5.91 Å². The molecular weight excluding hydrogens is 294 g/mol. The second-order valence-electron chi connectivity index (χ2n) is 4.16. The Kier molecular flexibility index (Phi) is 4.04. The molecule has 3 N–H and O–H groups in total. The zero-order valence-electron chi connectivity index (χ0n) is 10.2. The molecule has 96 valence electrons. The van der Waals surface area contributed by atoms with Crippen LogP contribution in [0.4, 0.5) is 0 Å². The summed E-state index contributed by atoms with van der Waals surface area (Å²) in [4.78, 5) is 11.5. The molecule has 18 heavy (non-hydrogen) atoms. The highest BCUT2D eigenvalue weighted by atomic mass is 79.9. The monoisotopic (exact) mass is 309 g/mol. The molecule has 2 aromatic rings. The van der Waals surface area contributed by atoms with Gasteiger partial charge < -0.3 is 15.6 Å². The number of nitrogens with two attached hydrogens (primary N) is 1. The Labute approximate surface area is 114 Å². The minimum absolute atomic E-state index is 0.00817. The highest BCUT2D eigenvalue weighted by molar-refractivity contribution is 9.10. The molecule has 1 amide bonds. The molecule has 0 unspecified atom stereocenters. The van der Waals surface area contributed by atoms with E-state index in [1.807, 2.05) is 22.9 Å². The van der Waals surface area contributed by atoms with Crippen LogP contribution in [-0.2, 0) is 17.8 Å². The number of nitrogens with zero attached hydrogens (tertiary/aromatic N) is 1. The van der Waals surface area contributed by atoms with Crippen LogP contribution in [0.3, 0.4) is 0 Å². The van der Waals surface area contributed by atoms with E-state index < -0.39 is 0 Å². The molecule has 0 aliphatic rings. The van der Waals surface area contributed by atoms with Crippen LogP contribution in [-0.4, -0.2) is 24.1 Å². The molecule has 0 spiro atoms. The lowest BCUT2D eigenvalue weighted by Crippen LogP contribution is -2.23. The van der Waals surface area contributed by atoms with Gasteiger partial charge >= 0.3 is 0 Å². The maximum absolute atomic E-state index is 11.5. The van der Waals surface area contributed by atoms with Crippen LogP contribution in [0.25, 0.3) is 10.9 Å². The van der Waals surface area contributed by atoms with Crippen molar-refractivity contribution in [2.45, 2.75) is 13.0 Å². The third kappa shape index (κ3) is 2.57. The first kappa shape index (κ1) is 13.1. The third-order valence-electron chi connectivity index (χ3n) is 2.93. The first-order valence-electron chi connectivity index (χ1n) is 5.83. The number of nitrogens with one attached hydrogen (secondary N) is 1. The van der Waals surface area contributed by atoms with Crippen molar-refractivity contribution in [1.29, 1.82) is 0 Å². The van der Waals surface area contributed by atoms with Gasteiger partial charge in [-0.15, -0.1) is 0 Å². The van der Waals surface area contributed by atoms with Crippen LogP contribution in [0.15, 0.2) is 28.9 Å². The van der Waals surface area contributed by atoms with Crippen molar-refractivity contribution in [3.8, 4) is 0 Å². The molecule has 5 heteroatoms. The molecule has 0 fully saturated rings. The van der Waals surface area contributed by atoms with Crippen LogP contribution in [0.1, 0.15) is 5.56 Å². The van der Waals surface area contributed by atoms with Crippen LogP contribution in [0, 0.1) is 0 Å². The first-order valence-corrected chi connectivity index (χ1v) is 6.63. The number of fused-ring (bicyclic) bond motifs is 1. The van der Waals surface area contributed by atoms with Gasteiger partial charge in [0.1, 0.15) is 6.54 Å². The maximum atomic E-state index is 11.5. The molecule has 0 atom stereocenters. The third-order valence-corrected chi connectivity index (χ3v) is 3.43. The summed E-state index contributed by atoms with van der Waals surface area (Å²) in [6.07, 6.45) is 2.83. The van der Waals surface area contributed by atoms with Gasteiger partial charge in [0.2, 0.25) is 5.91 Å². The number of rotatable bonds is 4. The summed E-state index contributed by atoms with van der Waals surface area (Å²) in [5.74, 6) is -0.00817. The van der Waals surface area contributed by atoms with Crippen LogP contribution >= 0.6 is 15.9 Å². The fourth-order valence-corrected chi connectivity index (χ4v) is 2.41. The summed E-state index contributed by atoms with van der Waals surface area (Å²) in [6.45, 7) is 0.934. The van der Waals surface area contributed by atoms with E-state index in [1.54, 1.807) is 7.05 Å². The molecule has 2 rings (SSSR count). The number of hydrogen-bond acceptors (Lipinski definition) is 2. The molecule has 0 aliphatic heterocycles. The highest BCUT2D eigenvalue weighted by Crippen LogP contribution is 2.25. The number of hydrogen-bond donors (Lipinski definition) is 2. The lowest BCUT2D eigenvalue weighted by Gasteiger charge is -2.04. The van der Waals surface area contributed by atoms with Crippen molar-refractivity contribution in [3.05, 3.63) is 34.4 Å². The molecule has 1 aromatic carbocycles. The van der Waals surface area contributed by atoms with Gasteiger partial charge in [0, 0.05) is 28.6 Å². The van der Waals surface area contributed by atoms with Gasteiger partial charge in [0.15, 0.2) is 0 Å². The van der Waals surface area contributed by atoms with Crippen molar-refractivity contribution < 1.29 is 4.79 Å². The Balaban J connectivity index is 2.50. The average molecular weight is 310 g/mol. The molecule has 0 saturated heterocycles. The maximum Gasteiger partial charge on any atom is 0.239 e. The Bertz CT molecular complexity index is 577. The zero-order chi connectivity index (χ0) is 13.1. The lowest BCUT2D eigenvalue weighted by molar-refractivity contribution is -0.121. The summed E-state index contributed by atoms with van der Waals surface area (Å²) in [5, 5.41) is 3.80. The Morgan fingerprint density at radius 1 is 1.50 bits per heavy atom. The Morgan fingerprint density at radius 2 is 2.28 bits per heavy atom. The van der Waals surface area contributed by atoms with Crippen LogP contribution in [0.5, 0.6) is 0 Å². The van der Waals surface area contributed by atoms with Crippen LogP contribution < -0.4 is 11.1 Å². The Morgan fingerprint density at radius 3 is 2.94 bits per heavy atom. The smallest absolute Gasteiger partial charge is 0.239 e. The second-order valence-corrected chi connectivity index (χ2v) is 5.07. The normalized spacial score (nSPS) is 10.8. The topological polar surface area (TPSA) is 60.0 Å². The van der Waals surface area contributed by atoms with Gasteiger partial charge in [-0.3, -0.25) is 4.79 Å². The number of amides is 1. The number of aromatic nitrogens is 1. The number of halogens is 1. The number of likely N-dealkylation sites (N-methyl/N-ethyl adjacent to an activating group) is 1. The van der Waals surface area contributed by atoms with E-state index in [2.05, 4.69) is 27.3 Å². The van der Waals surface area contributed by atoms with E-state index in [4.69, 9.17) is 5.73 Å². The number of carbonyl (C=O) groups excluding carboxylic acids is 1. The van der Waals surface area contributed by atoms with E-state index in [0.717, 1.165) is 21.8 Å². The van der Waals surface area contributed by atoms with Gasteiger partial charge in [0.05, 0.1) is 0 Å². The Hall–Kier alpha value is -1.33. The minimum Gasteiger partial charge on any atom is -0.358 e. The fraction of sp³-hybridized carbons (Fsp3) is 0.308. The summed E-state index contributed by atoms with van der Waals surface area (Å²) < 4.78 is 2.97. The van der Waals surface area contributed by atoms with Gasteiger partial charge in [-0.25, -0.2) is 0 Å². The van der Waals surface area contributed by atoms with E-state index >= 15 is 0 Å². The molecule has 0 saturated carbocycles. The summed E-state index contributed by atoms with van der Waals surface area (Å²) in [5.41, 5.74) is 7.86. The summed E-state index contributed by atoms with van der Waals surface area (Å²) in [7, 11) is 1.64. The van der Waals surface area contributed by atoms with E-state index in [1.165, 1.54) is 5.56 Å². The van der Waals surface area contributed by atoms with Gasteiger partial charge in [-0.05, 0) is 30.7 Å². The van der Waals surface area contributed by atoms with Crippen molar-refractivity contribution in [3.63, 3.8) is 0 Å². The van der Waals surface area contributed by atoms with Gasteiger partial charge in [-0.2, -0.15) is 0 Å². The number of benzene rings is 1. The lowest BCUT2D eigenvalue weighted by atomic mass is 10.1. The number of carbonyl (C=O) groups is 1. The molecule has 1 heterocycles. The van der Waals surface area contributed by atoms with E-state index in [9.17, 15) is 4.79 Å². The predicted molar refractivity (Wildman–Crippen MR) is 76.5 cm³/mol. The molecule has 4 nitrogen and oxygen atoms in total. The molecular formula is C13H16BrN3O. The van der Waals surface area contributed by atoms with Crippen LogP contribution in [0.2, 0.25) is 0 Å². The standard InChI is InChI=1S/C13H16BrN3O/c1-16-13(18)8-17-7-9(4-5-15)11-3-2-10(14)6-12(11)17/h2-3,6-7H,4-5,8,15H2,1H3,(H,16,18). The van der Waals surface area contributed by atoms with E-state index in [0.29, 0.717) is 13.1 Å². The van der Waals surface area contributed by atoms with Crippen molar-refractivity contribution in [2.24, 2.45) is 5.73 Å². The highest BCUT2D eigenvalue weighted by Gasteiger charge is 2.10. The fourth-order valence-electron chi connectivity index (χ4n) is 2.06. The zero-order valence-corrected chi connectivity index (χ0v) is 11.8. The van der Waals surface area contributed by atoms with Crippen molar-refractivity contribution in [2.75, 3.05) is 13.6 Å². The molecule has 0 bridgehead atoms. The second kappa shape index (κ2) is 5.54. The quantitative estimate of drug-likeness (QED) is 0.902. The van der Waals surface area contributed by atoms with Gasteiger partial charge in [-0.1, -0.05) is 22.0 Å². The molecule has 1 aromatic heterocycles. The summed E-state index contributed by atoms with van der Waals surface area (Å²) >= 11 is 3.46. The average Bonchev–Trinajstić information content (AvgIpc) is 2.67. The summed E-state index contributed by atoms with van der Waals surface area (Å²) in [6, 6.07) is 6.09. The van der Waals surface area contributed by atoms with Crippen molar-refractivity contribution >= 4 is 32.7 Å². The predicted octanol–water partition coefficient (Wildman–Crippen LogP) is 1.65. The van der Waals surface area contributed by atoms with Gasteiger partial charge in [0.25, 0.3) is 0 Å². The molecule has 0 radical (unpaired) electrons. The minimum atomic E-state index is -0.00817. The molecule has 0 aliphatic carbocycles. The van der Waals surface area contributed by atoms with Crippen molar-refractivity contribution in [1.82, 2.24) is 9.88 Å². The SMILES string of the molecule is CNC(=O)Cn1cc(CCN)c2ccc(Br)cc21.